The number of aliphatic hydroxyl groups excluding tert-OH is 1. The van der Waals surface area contributed by atoms with Gasteiger partial charge in [-0.3, -0.25) is 0 Å². The molecule has 2 aromatic rings. The highest BCUT2D eigenvalue weighted by Gasteiger charge is 2.21. The van der Waals surface area contributed by atoms with Gasteiger partial charge in [0.1, 0.15) is 5.75 Å². The van der Waals surface area contributed by atoms with E-state index < -0.39 is 0 Å². The summed E-state index contributed by atoms with van der Waals surface area (Å²) < 4.78 is 10.4. The first-order chi connectivity index (χ1) is 9.71. The Hall–Kier alpha value is -2.20. The summed E-state index contributed by atoms with van der Waals surface area (Å²) in [6.07, 6.45) is 0. The van der Waals surface area contributed by atoms with Crippen LogP contribution in [0.15, 0.2) is 42.5 Å². The van der Waals surface area contributed by atoms with Crippen molar-refractivity contribution in [2.45, 2.75) is 5.92 Å². The van der Waals surface area contributed by atoms with Crippen LogP contribution in [0.2, 0.25) is 0 Å². The van der Waals surface area contributed by atoms with Crippen LogP contribution in [0.5, 0.6) is 17.2 Å². The zero-order valence-corrected chi connectivity index (χ0v) is 11.5. The fraction of sp³-hybridized carbons (Fsp3) is 0.250. The first kappa shape index (κ1) is 14.2. The van der Waals surface area contributed by atoms with Gasteiger partial charge in [0.25, 0.3) is 0 Å². The highest BCUT2D eigenvalue weighted by atomic mass is 16.5. The van der Waals surface area contributed by atoms with Gasteiger partial charge in [-0.2, -0.15) is 0 Å². The van der Waals surface area contributed by atoms with Crippen molar-refractivity contribution in [2.24, 2.45) is 0 Å². The van der Waals surface area contributed by atoms with Crippen molar-refractivity contribution in [3.63, 3.8) is 0 Å². The Kier molecular flexibility index (Phi) is 4.48. The molecule has 0 heterocycles. The van der Waals surface area contributed by atoms with Crippen LogP contribution < -0.4 is 9.47 Å². The molecular formula is C16H18O4. The lowest BCUT2D eigenvalue weighted by Gasteiger charge is -2.19. The van der Waals surface area contributed by atoms with Gasteiger partial charge in [-0.1, -0.05) is 30.3 Å². The summed E-state index contributed by atoms with van der Waals surface area (Å²) in [5.74, 6) is 0.592. The summed E-state index contributed by atoms with van der Waals surface area (Å²) in [5, 5.41) is 20.0. The van der Waals surface area contributed by atoms with E-state index in [-0.39, 0.29) is 18.3 Å². The Labute approximate surface area is 118 Å². The average Bonchev–Trinajstić information content (AvgIpc) is 2.50. The smallest absolute Gasteiger partial charge is 0.164 e. The molecule has 0 aliphatic heterocycles. The lowest BCUT2D eigenvalue weighted by atomic mass is 9.91. The van der Waals surface area contributed by atoms with Gasteiger partial charge in [0.05, 0.1) is 20.8 Å². The Morgan fingerprint density at radius 1 is 1.05 bits per heavy atom. The summed E-state index contributed by atoms with van der Waals surface area (Å²) >= 11 is 0. The van der Waals surface area contributed by atoms with E-state index in [0.717, 1.165) is 5.56 Å². The molecule has 0 radical (unpaired) electrons. The number of methoxy groups -OCH3 is 2. The van der Waals surface area contributed by atoms with Gasteiger partial charge in [-0.25, -0.2) is 0 Å². The third-order valence-electron chi connectivity index (χ3n) is 3.29. The molecule has 0 bridgehead atoms. The van der Waals surface area contributed by atoms with Crippen LogP contribution in [0.1, 0.15) is 17.0 Å². The van der Waals surface area contributed by atoms with Crippen LogP contribution >= 0.6 is 0 Å². The predicted molar refractivity (Wildman–Crippen MR) is 76.6 cm³/mol. The Balaban J connectivity index is 2.54. The topological polar surface area (TPSA) is 58.9 Å². The van der Waals surface area contributed by atoms with E-state index in [4.69, 9.17) is 9.47 Å². The monoisotopic (exact) mass is 274 g/mol. The summed E-state index contributed by atoms with van der Waals surface area (Å²) in [5.41, 5.74) is 1.50. The van der Waals surface area contributed by atoms with Gasteiger partial charge in [0, 0.05) is 17.5 Å². The van der Waals surface area contributed by atoms with Gasteiger partial charge in [0.15, 0.2) is 11.5 Å². The minimum Gasteiger partial charge on any atom is -0.504 e. The number of aliphatic hydroxyl groups is 1. The van der Waals surface area contributed by atoms with Crippen LogP contribution in [0, 0.1) is 0 Å². The number of hydrogen-bond acceptors (Lipinski definition) is 4. The van der Waals surface area contributed by atoms with Crippen LogP contribution in [0.25, 0.3) is 0 Å². The van der Waals surface area contributed by atoms with Crippen molar-refractivity contribution in [2.75, 3.05) is 20.8 Å². The van der Waals surface area contributed by atoms with Gasteiger partial charge >= 0.3 is 0 Å². The maximum atomic E-state index is 10.3. The van der Waals surface area contributed by atoms with E-state index in [9.17, 15) is 10.2 Å². The quantitative estimate of drug-likeness (QED) is 0.879. The minimum atomic E-state index is -0.333. The van der Waals surface area contributed by atoms with Gasteiger partial charge in [-0.15, -0.1) is 0 Å². The second-order valence-corrected chi connectivity index (χ2v) is 4.41. The molecule has 1 unspecified atom stereocenters. The molecule has 20 heavy (non-hydrogen) atoms. The van der Waals surface area contributed by atoms with Crippen LogP contribution in [-0.4, -0.2) is 31.0 Å². The largest absolute Gasteiger partial charge is 0.504 e. The molecule has 0 amide bonds. The summed E-state index contributed by atoms with van der Waals surface area (Å²) in [4.78, 5) is 0. The molecule has 0 fully saturated rings. The minimum absolute atomic E-state index is 0.0243. The van der Waals surface area contributed by atoms with Crippen molar-refractivity contribution in [1.29, 1.82) is 0 Å². The van der Waals surface area contributed by atoms with E-state index in [1.807, 2.05) is 30.3 Å². The van der Waals surface area contributed by atoms with Crippen LogP contribution in [-0.2, 0) is 0 Å². The number of hydrogen-bond donors (Lipinski definition) is 2. The lowest BCUT2D eigenvalue weighted by Crippen LogP contribution is -2.07. The summed E-state index contributed by atoms with van der Waals surface area (Å²) in [7, 11) is 3.03. The Morgan fingerprint density at radius 3 is 2.30 bits per heavy atom. The number of phenols is 1. The molecule has 0 saturated carbocycles. The van der Waals surface area contributed by atoms with E-state index in [0.29, 0.717) is 17.1 Å². The highest BCUT2D eigenvalue weighted by Crippen LogP contribution is 2.40. The Morgan fingerprint density at radius 2 is 1.75 bits per heavy atom. The zero-order valence-electron chi connectivity index (χ0n) is 11.5. The lowest BCUT2D eigenvalue weighted by molar-refractivity contribution is 0.276. The molecule has 4 nitrogen and oxygen atoms in total. The SMILES string of the molecule is COc1cc(OC)c(O)c(C(CO)c2ccccc2)c1. The molecule has 0 spiro atoms. The maximum absolute atomic E-state index is 10.3. The number of benzene rings is 2. The molecule has 1 atom stereocenters. The standard InChI is InChI=1S/C16H18O4/c1-19-12-8-13(16(18)15(9-12)20-2)14(10-17)11-6-4-3-5-7-11/h3-9,14,17-18H,10H2,1-2H3. The summed E-state index contributed by atoms with van der Waals surface area (Å²) in [6, 6.07) is 12.8. The van der Waals surface area contributed by atoms with Crippen molar-refractivity contribution in [1.82, 2.24) is 0 Å². The average molecular weight is 274 g/mol. The normalized spacial score (nSPS) is 11.9. The van der Waals surface area contributed by atoms with Gasteiger partial charge < -0.3 is 19.7 Å². The summed E-state index contributed by atoms with van der Waals surface area (Å²) in [6.45, 7) is -0.117. The zero-order chi connectivity index (χ0) is 14.5. The van der Waals surface area contributed by atoms with Crippen molar-refractivity contribution in [3.05, 3.63) is 53.6 Å². The molecule has 2 aromatic carbocycles. The van der Waals surface area contributed by atoms with E-state index in [1.165, 1.54) is 7.11 Å². The molecule has 4 heteroatoms. The molecule has 106 valence electrons. The van der Waals surface area contributed by atoms with Crippen LogP contribution in [0.4, 0.5) is 0 Å². The molecule has 2 N–H and O–H groups in total. The molecule has 0 saturated heterocycles. The molecule has 0 aliphatic carbocycles. The second-order valence-electron chi connectivity index (χ2n) is 4.41. The van der Waals surface area contributed by atoms with Crippen LogP contribution in [0.3, 0.4) is 0 Å². The van der Waals surface area contributed by atoms with E-state index in [1.54, 1.807) is 19.2 Å². The molecule has 2 rings (SSSR count). The predicted octanol–water partition coefficient (Wildman–Crippen LogP) is 2.53. The second kappa shape index (κ2) is 6.30. The maximum Gasteiger partial charge on any atom is 0.164 e. The first-order valence-corrected chi connectivity index (χ1v) is 6.32. The van der Waals surface area contributed by atoms with E-state index in [2.05, 4.69) is 0 Å². The number of rotatable bonds is 5. The number of aromatic hydroxyl groups is 1. The third-order valence-corrected chi connectivity index (χ3v) is 3.29. The first-order valence-electron chi connectivity index (χ1n) is 6.32. The van der Waals surface area contributed by atoms with Gasteiger partial charge in [-0.05, 0) is 11.6 Å². The van der Waals surface area contributed by atoms with Crippen molar-refractivity contribution < 1.29 is 19.7 Å². The third kappa shape index (κ3) is 2.70. The fourth-order valence-corrected chi connectivity index (χ4v) is 2.21. The number of ether oxygens (including phenoxy) is 2. The highest BCUT2D eigenvalue weighted by molar-refractivity contribution is 5.54. The molecule has 0 aliphatic rings. The number of phenolic OH excluding ortho intramolecular Hbond substituents is 1. The fourth-order valence-electron chi connectivity index (χ4n) is 2.21. The molecular weight excluding hydrogens is 256 g/mol. The van der Waals surface area contributed by atoms with Crippen molar-refractivity contribution >= 4 is 0 Å². The van der Waals surface area contributed by atoms with Crippen molar-refractivity contribution in [3.8, 4) is 17.2 Å². The molecule has 0 aromatic heterocycles. The van der Waals surface area contributed by atoms with Gasteiger partial charge in [0.2, 0.25) is 0 Å². The Bertz CT molecular complexity index is 566. The van der Waals surface area contributed by atoms with E-state index >= 15 is 0 Å².